The second-order valence-corrected chi connectivity index (χ2v) is 12.8. The molecule has 240 valence electrons. The highest BCUT2D eigenvalue weighted by Crippen LogP contribution is 2.63. The molecule has 2 aliphatic heterocycles. The molecule has 4 heterocycles. The van der Waals surface area contributed by atoms with Crippen molar-refractivity contribution in [2.24, 2.45) is 0 Å². The Morgan fingerprint density at radius 2 is 0.961 bits per heavy atom. The third-order valence-corrected chi connectivity index (χ3v) is 10.0. The summed E-state index contributed by atoms with van der Waals surface area (Å²) in [6, 6.07) is 61.1. The molecular weight excluding hydrogens is 625 g/mol. The minimum absolute atomic E-state index is 0.611. The second-order valence-electron chi connectivity index (χ2n) is 12.8. The van der Waals surface area contributed by atoms with E-state index in [4.69, 9.17) is 14.7 Å². The maximum absolute atomic E-state index is 6.58. The van der Waals surface area contributed by atoms with Crippen LogP contribution in [0, 0.1) is 0 Å². The maximum Gasteiger partial charge on any atom is 0.162 e. The SMILES string of the molecule is c1ccc(-c2cc(-c3ccccn3)nc(-c3ccccc3N3c4ccccc4C4(c5ccccc5Oc5ccccc54)c4ccccc43)n2)cc1. The molecule has 1 spiro atoms. The van der Waals surface area contributed by atoms with Gasteiger partial charge in [0.15, 0.2) is 5.82 Å². The van der Waals surface area contributed by atoms with Crippen molar-refractivity contribution in [3.05, 3.63) is 204 Å². The summed E-state index contributed by atoms with van der Waals surface area (Å²) in [5.41, 5.74) is 11.5. The molecule has 0 N–H and O–H groups in total. The highest BCUT2D eigenvalue weighted by molar-refractivity contribution is 5.95. The predicted octanol–water partition coefficient (Wildman–Crippen LogP) is 11.1. The first kappa shape index (κ1) is 29.1. The van der Waals surface area contributed by atoms with E-state index in [1.165, 1.54) is 11.1 Å². The standard InChI is InChI=1S/C46H30N4O/c1-2-16-31(17-3-1)38-30-39(37-23-14-15-29-47-37)49-45(48-38)32-18-4-9-24-40(32)50-41-25-10-5-19-33(41)46(34-20-6-11-26-42(34)50)35-21-7-12-27-43(35)51-44-28-13-8-22-36(44)46/h1-30H. The zero-order chi connectivity index (χ0) is 33.8. The fourth-order valence-corrected chi connectivity index (χ4v) is 7.91. The number of rotatable bonds is 4. The Balaban J connectivity index is 1.25. The van der Waals surface area contributed by atoms with Gasteiger partial charge >= 0.3 is 0 Å². The van der Waals surface area contributed by atoms with Crippen molar-refractivity contribution in [1.29, 1.82) is 0 Å². The van der Waals surface area contributed by atoms with Crippen molar-refractivity contribution in [2.75, 3.05) is 4.90 Å². The van der Waals surface area contributed by atoms with Gasteiger partial charge in [-0.3, -0.25) is 4.98 Å². The van der Waals surface area contributed by atoms with Gasteiger partial charge in [-0.1, -0.05) is 121 Å². The molecule has 8 aromatic rings. The molecule has 0 saturated carbocycles. The number of nitrogens with zero attached hydrogens (tertiary/aromatic N) is 4. The molecule has 0 saturated heterocycles. The maximum atomic E-state index is 6.58. The molecule has 5 nitrogen and oxygen atoms in total. The summed E-state index contributed by atoms with van der Waals surface area (Å²) in [5.74, 6) is 2.36. The minimum Gasteiger partial charge on any atom is -0.457 e. The van der Waals surface area contributed by atoms with Crippen molar-refractivity contribution in [3.8, 4) is 45.5 Å². The molecule has 6 aromatic carbocycles. The van der Waals surface area contributed by atoms with E-state index in [9.17, 15) is 0 Å². The van der Waals surface area contributed by atoms with Crippen LogP contribution in [0.25, 0.3) is 34.0 Å². The number of fused-ring (bicyclic) bond motifs is 8. The molecule has 0 atom stereocenters. The highest BCUT2D eigenvalue weighted by atomic mass is 16.5. The van der Waals surface area contributed by atoms with Gasteiger partial charge < -0.3 is 9.64 Å². The molecule has 51 heavy (non-hydrogen) atoms. The van der Waals surface area contributed by atoms with Gasteiger partial charge in [0.25, 0.3) is 0 Å². The third kappa shape index (κ3) is 4.45. The number of benzene rings is 6. The van der Waals surface area contributed by atoms with Crippen molar-refractivity contribution in [3.63, 3.8) is 0 Å². The molecule has 5 heteroatoms. The van der Waals surface area contributed by atoms with Gasteiger partial charge in [0, 0.05) is 28.5 Å². The average Bonchev–Trinajstić information content (AvgIpc) is 3.21. The van der Waals surface area contributed by atoms with Crippen LogP contribution in [0.2, 0.25) is 0 Å². The van der Waals surface area contributed by atoms with Gasteiger partial charge in [0.2, 0.25) is 0 Å². The van der Waals surface area contributed by atoms with E-state index >= 15 is 0 Å². The Morgan fingerprint density at radius 3 is 1.61 bits per heavy atom. The molecular formula is C46H30N4O. The minimum atomic E-state index is -0.611. The number of aromatic nitrogens is 3. The normalized spacial score (nSPS) is 13.4. The summed E-state index contributed by atoms with van der Waals surface area (Å²) in [5, 5.41) is 0. The number of pyridine rings is 1. The van der Waals surface area contributed by atoms with Crippen LogP contribution < -0.4 is 9.64 Å². The number of anilines is 3. The van der Waals surface area contributed by atoms with Crippen LogP contribution >= 0.6 is 0 Å². The number of para-hydroxylation sites is 5. The number of hydrogen-bond acceptors (Lipinski definition) is 5. The lowest BCUT2D eigenvalue weighted by molar-refractivity contribution is 0.434. The Kier molecular flexibility index (Phi) is 6.64. The zero-order valence-corrected chi connectivity index (χ0v) is 27.5. The van der Waals surface area contributed by atoms with E-state index in [1.807, 2.05) is 54.6 Å². The van der Waals surface area contributed by atoms with Crippen LogP contribution in [-0.2, 0) is 5.41 Å². The number of ether oxygens (including phenoxy) is 1. The van der Waals surface area contributed by atoms with Crippen LogP contribution in [0.1, 0.15) is 22.3 Å². The molecule has 0 aliphatic carbocycles. The van der Waals surface area contributed by atoms with Gasteiger partial charge in [-0.25, -0.2) is 9.97 Å². The van der Waals surface area contributed by atoms with Gasteiger partial charge in [-0.15, -0.1) is 0 Å². The zero-order valence-electron chi connectivity index (χ0n) is 27.5. The Labute approximate surface area is 296 Å². The molecule has 0 radical (unpaired) electrons. The van der Waals surface area contributed by atoms with Gasteiger partial charge in [0.1, 0.15) is 11.5 Å². The van der Waals surface area contributed by atoms with E-state index in [0.29, 0.717) is 5.82 Å². The lowest BCUT2D eigenvalue weighted by atomic mass is 9.61. The molecule has 2 aromatic heterocycles. The van der Waals surface area contributed by atoms with E-state index in [1.54, 1.807) is 6.20 Å². The summed E-state index contributed by atoms with van der Waals surface area (Å²) >= 11 is 0. The molecule has 0 amide bonds. The quantitative estimate of drug-likeness (QED) is 0.189. The van der Waals surface area contributed by atoms with Crippen LogP contribution in [0.15, 0.2) is 182 Å². The van der Waals surface area contributed by atoms with Crippen LogP contribution in [0.3, 0.4) is 0 Å². The molecule has 2 aliphatic rings. The first-order valence-electron chi connectivity index (χ1n) is 17.1. The smallest absolute Gasteiger partial charge is 0.162 e. The Morgan fingerprint density at radius 1 is 0.431 bits per heavy atom. The molecule has 10 rings (SSSR count). The molecule has 0 bridgehead atoms. The van der Waals surface area contributed by atoms with Gasteiger partial charge in [-0.05, 0) is 65.7 Å². The van der Waals surface area contributed by atoms with E-state index in [2.05, 4.69) is 131 Å². The summed E-state index contributed by atoms with van der Waals surface area (Å²) < 4.78 is 6.58. The van der Waals surface area contributed by atoms with Crippen LogP contribution in [0.4, 0.5) is 17.1 Å². The fourth-order valence-electron chi connectivity index (χ4n) is 7.91. The first-order chi connectivity index (χ1) is 25.3. The molecule has 0 unspecified atom stereocenters. The summed E-state index contributed by atoms with van der Waals surface area (Å²) in [6.45, 7) is 0. The highest BCUT2D eigenvalue weighted by Gasteiger charge is 2.51. The number of hydrogen-bond donors (Lipinski definition) is 0. The van der Waals surface area contributed by atoms with E-state index in [0.717, 1.165) is 67.9 Å². The summed E-state index contributed by atoms with van der Waals surface area (Å²) in [6.07, 6.45) is 1.80. The van der Waals surface area contributed by atoms with Gasteiger partial charge in [0.05, 0.1) is 39.6 Å². The topological polar surface area (TPSA) is 51.1 Å². The third-order valence-electron chi connectivity index (χ3n) is 10.0. The first-order valence-corrected chi connectivity index (χ1v) is 17.1. The molecule has 0 fully saturated rings. The summed E-state index contributed by atoms with van der Waals surface area (Å²) in [7, 11) is 0. The second kappa shape index (κ2) is 11.6. The fraction of sp³-hybridized carbons (Fsp3) is 0.0217. The average molecular weight is 655 g/mol. The van der Waals surface area contributed by atoms with Crippen molar-refractivity contribution < 1.29 is 4.74 Å². The van der Waals surface area contributed by atoms with Crippen molar-refractivity contribution in [1.82, 2.24) is 15.0 Å². The Hall–Kier alpha value is -6.85. The monoisotopic (exact) mass is 654 g/mol. The predicted molar refractivity (Wildman–Crippen MR) is 203 cm³/mol. The van der Waals surface area contributed by atoms with Crippen molar-refractivity contribution >= 4 is 17.1 Å². The van der Waals surface area contributed by atoms with Crippen molar-refractivity contribution in [2.45, 2.75) is 5.41 Å². The lowest BCUT2D eigenvalue weighted by Gasteiger charge is -2.48. The largest absolute Gasteiger partial charge is 0.457 e. The van der Waals surface area contributed by atoms with Crippen LogP contribution in [-0.4, -0.2) is 15.0 Å². The summed E-state index contributed by atoms with van der Waals surface area (Å²) in [4.78, 5) is 17.5. The lowest BCUT2D eigenvalue weighted by Crippen LogP contribution is -2.39. The van der Waals surface area contributed by atoms with Crippen LogP contribution in [0.5, 0.6) is 11.5 Å². The van der Waals surface area contributed by atoms with Gasteiger partial charge in [-0.2, -0.15) is 0 Å². The van der Waals surface area contributed by atoms with E-state index in [-0.39, 0.29) is 0 Å². The Bertz CT molecular complexity index is 2430. The van der Waals surface area contributed by atoms with E-state index < -0.39 is 5.41 Å².